The molecule has 1 aromatic carbocycles. The van der Waals surface area contributed by atoms with E-state index in [1.54, 1.807) is 6.21 Å². The molecule has 3 heteroatoms. The molecule has 0 spiro atoms. The van der Waals surface area contributed by atoms with Crippen LogP contribution in [0.15, 0.2) is 48.1 Å². The van der Waals surface area contributed by atoms with Crippen molar-refractivity contribution in [3.63, 3.8) is 0 Å². The molecule has 0 fully saturated rings. The second kappa shape index (κ2) is 4.00. The Morgan fingerprint density at radius 3 is 2.93 bits per heavy atom. The van der Waals surface area contributed by atoms with E-state index >= 15 is 0 Å². The molecule has 1 heterocycles. The van der Waals surface area contributed by atoms with E-state index < -0.39 is 0 Å². The van der Waals surface area contributed by atoms with Gasteiger partial charge in [0.15, 0.2) is 0 Å². The number of hydrazone groups is 1. The minimum atomic E-state index is 0.759. The summed E-state index contributed by atoms with van der Waals surface area (Å²) >= 11 is 0. The third kappa shape index (κ3) is 1.64. The van der Waals surface area contributed by atoms with Crippen LogP contribution in [-0.4, -0.2) is 10.8 Å². The lowest BCUT2D eigenvalue weighted by Gasteiger charge is -2.03. The maximum absolute atomic E-state index is 5.18. The smallest absolute Gasteiger partial charge is 0.0703 e. The number of nitrogens with zero attached hydrogens (tertiary/aromatic N) is 2. The molecule has 0 amide bonds. The summed E-state index contributed by atoms with van der Waals surface area (Å²) in [5.74, 6) is 5.18. The molecule has 0 aliphatic heterocycles. The van der Waals surface area contributed by atoms with Crippen molar-refractivity contribution in [1.82, 2.24) is 4.57 Å². The zero-order valence-corrected chi connectivity index (χ0v) is 8.43. The molecule has 0 radical (unpaired) electrons. The fourth-order valence-electron chi connectivity index (χ4n) is 1.75. The number of hydrogen-bond donors (Lipinski definition) is 1. The van der Waals surface area contributed by atoms with Gasteiger partial charge < -0.3 is 10.4 Å². The van der Waals surface area contributed by atoms with E-state index in [4.69, 9.17) is 5.84 Å². The molecular weight excluding hydrogens is 186 g/mol. The molecule has 3 nitrogen and oxygen atoms in total. The summed E-state index contributed by atoms with van der Waals surface area (Å²) in [7, 11) is 0. The molecular formula is C12H13N3. The first-order valence-electron chi connectivity index (χ1n) is 4.79. The van der Waals surface area contributed by atoms with Crippen molar-refractivity contribution in [3.8, 4) is 0 Å². The van der Waals surface area contributed by atoms with Gasteiger partial charge in [0.25, 0.3) is 0 Å². The third-order valence-electron chi connectivity index (χ3n) is 2.36. The molecule has 2 rings (SSSR count). The molecule has 2 aromatic rings. The lowest BCUT2D eigenvalue weighted by molar-refractivity contribution is 0.857. The monoisotopic (exact) mass is 199 g/mol. The van der Waals surface area contributed by atoms with E-state index in [0.29, 0.717) is 0 Å². The maximum Gasteiger partial charge on any atom is 0.0703 e. The van der Waals surface area contributed by atoms with Crippen molar-refractivity contribution in [2.24, 2.45) is 10.9 Å². The van der Waals surface area contributed by atoms with Gasteiger partial charge in [-0.05, 0) is 12.1 Å². The molecule has 0 aliphatic carbocycles. The van der Waals surface area contributed by atoms with Crippen molar-refractivity contribution in [2.75, 3.05) is 0 Å². The maximum atomic E-state index is 5.18. The summed E-state index contributed by atoms with van der Waals surface area (Å²) < 4.78 is 2.12. The molecule has 0 aliphatic rings. The third-order valence-corrected chi connectivity index (χ3v) is 2.36. The number of hydrogen-bond acceptors (Lipinski definition) is 2. The summed E-state index contributed by atoms with van der Waals surface area (Å²) in [5.41, 5.74) is 2.17. The number of benzene rings is 1. The average Bonchev–Trinajstić information content (AvgIpc) is 2.59. The van der Waals surface area contributed by atoms with E-state index in [9.17, 15) is 0 Å². The van der Waals surface area contributed by atoms with Crippen LogP contribution in [-0.2, 0) is 6.54 Å². The second-order valence-electron chi connectivity index (χ2n) is 3.31. The summed E-state index contributed by atoms with van der Waals surface area (Å²) in [6, 6.07) is 10.2. The summed E-state index contributed by atoms with van der Waals surface area (Å²) in [5, 5.41) is 4.75. The normalized spacial score (nSPS) is 11.2. The standard InChI is InChI=1S/C12H13N3/c1-2-7-15-11(9-14-13)8-10-5-3-4-6-12(10)15/h2-6,8-9H,1,7,13H2/b14-9+. The fraction of sp³-hybridized carbons (Fsp3) is 0.0833. The zero-order valence-electron chi connectivity index (χ0n) is 8.43. The lowest BCUT2D eigenvalue weighted by Crippen LogP contribution is -2.00. The Morgan fingerprint density at radius 1 is 1.40 bits per heavy atom. The average molecular weight is 199 g/mol. The molecule has 0 saturated carbocycles. The van der Waals surface area contributed by atoms with Crippen LogP contribution in [0.1, 0.15) is 5.69 Å². The molecule has 0 bridgehead atoms. The first kappa shape index (κ1) is 9.52. The summed E-state index contributed by atoms with van der Waals surface area (Å²) in [6.45, 7) is 4.51. The van der Waals surface area contributed by atoms with Crippen LogP contribution in [0.4, 0.5) is 0 Å². The predicted octanol–water partition coefficient (Wildman–Crippen LogP) is 2.12. The van der Waals surface area contributed by atoms with E-state index in [2.05, 4.69) is 34.4 Å². The topological polar surface area (TPSA) is 43.3 Å². The largest absolute Gasteiger partial charge is 0.336 e. The molecule has 2 N–H and O–H groups in total. The molecule has 15 heavy (non-hydrogen) atoms. The van der Waals surface area contributed by atoms with Crippen LogP contribution in [0, 0.1) is 0 Å². The van der Waals surface area contributed by atoms with Gasteiger partial charge in [0, 0.05) is 17.4 Å². The minimum Gasteiger partial charge on any atom is -0.336 e. The van der Waals surface area contributed by atoms with Gasteiger partial charge in [-0.25, -0.2) is 0 Å². The predicted molar refractivity (Wildman–Crippen MR) is 63.9 cm³/mol. The van der Waals surface area contributed by atoms with Gasteiger partial charge in [0.1, 0.15) is 0 Å². The van der Waals surface area contributed by atoms with E-state index in [-0.39, 0.29) is 0 Å². The Balaban J connectivity index is 2.68. The van der Waals surface area contributed by atoms with Crippen molar-refractivity contribution in [2.45, 2.75) is 6.54 Å². The van der Waals surface area contributed by atoms with Crippen LogP contribution < -0.4 is 5.84 Å². The highest BCUT2D eigenvalue weighted by Gasteiger charge is 2.04. The van der Waals surface area contributed by atoms with Crippen LogP contribution >= 0.6 is 0 Å². The fourth-order valence-corrected chi connectivity index (χ4v) is 1.75. The zero-order chi connectivity index (χ0) is 10.7. The highest BCUT2D eigenvalue weighted by atomic mass is 15.1. The first-order valence-corrected chi connectivity index (χ1v) is 4.79. The van der Waals surface area contributed by atoms with E-state index in [1.165, 1.54) is 10.9 Å². The van der Waals surface area contributed by atoms with Gasteiger partial charge in [-0.1, -0.05) is 24.3 Å². The van der Waals surface area contributed by atoms with Crippen LogP contribution in [0.2, 0.25) is 0 Å². The summed E-state index contributed by atoms with van der Waals surface area (Å²) in [6.07, 6.45) is 3.52. The number of aromatic nitrogens is 1. The Hall–Kier alpha value is -2.03. The number of fused-ring (bicyclic) bond motifs is 1. The number of para-hydroxylation sites is 1. The van der Waals surface area contributed by atoms with E-state index in [1.807, 2.05) is 18.2 Å². The van der Waals surface area contributed by atoms with Gasteiger partial charge in [-0.15, -0.1) is 6.58 Å². The number of allylic oxidation sites excluding steroid dienone is 1. The molecule has 0 saturated heterocycles. The van der Waals surface area contributed by atoms with Crippen molar-refractivity contribution < 1.29 is 0 Å². The van der Waals surface area contributed by atoms with Gasteiger partial charge in [0.05, 0.1) is 11.9 Å². The minimum absolute atomic E-state index is 0.759. The Kier molecular flexibility index (Phi) is 2.54. The van der Waals surface area contributed by atoms with Gasteiger partial charge in [0.2, 0.25) is 0 Å². The van der Waals surface area contributed by atoms with Crippen molar-refractivity contribution in [3.05, 3.63) is 48.7 Å². The highest BCUT2D eigenvalue weighted by Crippen LogP contribution is 2.18. The lowest BCUT2D eigenvalue weighted by atomic mass is 10.2. The van der Waals surface area contributed by atoms with Crippen LogP contribution in [0.5, 0.6) is 0 Å². The quantitative estimate of drug-likeness (QED) is 0.350. The van der Waals surface area contributed by atoms with Crippen molar-refractivity contribution in [1.29, 1.82) is 0 Å². The molecule has 0 unspecified atom stereocenters. The molecule has 76 valence electrons. The molecule has 0 atom stereocenters. The second-order valence-corrected chi connectivity index (χ2v) is 3.31. The number of rotatable bonds is 3. The summed E-state index contributed by atoms with van der Waals surface area (Å²) in [4.78, 5) is 0. The van der Waals surface area contributed by atoms with Gasteiger partial charge in [-0.3, -0.25) is 0 Å². The van der Waals surface area contributed by atoms with Gasteiger partial charge >= 0.3 is 0 Å². The SMILES string of the molecule is C=CCn1c(/C=N/N)cc2ccccc21. The highest BCUT2D eigenvalue weighted by molar-refractivity contribution is 5.90. The Labute approximate surface area is 88.5 Å². The molecule has 1 aromatic heterocycles. The van der Waals surface area contributed by atoms with Crippen LogP contribution in [0.3, 0.4) is 0 Å². The van der Waals surface area contributed by atoms with E-state index in [0.717, 1.165) is 12.2 Å². The number of nitrogens with two attached hydrogens (primary N) is 1. The van der Waals surface area contributed by atoms with Crippen molar-refractivity contribution >= 4 is 17.1 Å². The Bertz CT molecular complexity index is 509. The van der Waals surface area contributed by atoms with Gasteiger partial charge in [-0.2, -0.15) is 5.10 Å². The van der Waals surface area contributed by atoms with Crippen LogP contribution in [0.25, 0.3) is 10.9 Å². The Morgan fingerprint density at radius 2 is 2.20 bits per heavy atom. The first-order chi connectivity index (χ1) is 7.36.